The summed E-state index contributed by atoms with van der Waals surface area (Å²) in [5.74, 6) is 0.499. The first-order chi connectivity index (χ1) is 7.75. The Balaban J connectivity index is 2.08. The van der Waals surface area contributed by atoms with Crippen LogP contribution in [-0.4, -0.2) is 0 Å². The van der Waals surface area contributed by atoms with Gasteiger partial charge in [-0.15, -0.1) is 11.3 Å². The van der Waals surface area contributed by atoms with Gasteiger partial charge in [0.25, 0.3) is 0 Å². The number of thiophene rings is 1. The summed E-state index contributed by atoms with van der Waals surface area (Å²) in [5, 5.41) is 0. The second kappa shape index (κ2) is 5.13. The molecule has 0 saturated heterocycles. The minimum Gasteiger partial charge on any atom is -0.145 e. The minimum absolute atomic E-state index is 0.499. The fourth-order valence-corrected chi connectivity index (χ4v) is 2.52. The minimum atomic E-state index is 0.499. The number of hydrogen-bond donors (Lipinski definition) is 0. The highest BCUT2D eigenvalue weighted by Crippen LogP contribution is 2.25. The molecule has 0 bridgehead atoms. The molecule has 1 unspecified atom stereocenters. The molecule has 0 N–H and O–H groups in total. The first-order valence-corrected chi connectivity index (χ1v) is 6.37. The zero-order valence-corrected chi connectivity index (χ0v) is 10.5. The average molecular weight is 228 g/mol. The summed E-state index contributed by atoms with van der Waals surface area (Å²) in [6, 6.07) is 14.8. The van der Waals surface area contributed by atoms with Crippen molar-refractivity contribution in [2.24, 2.45) is 0 Å². The standard InChI is InChI=1S/C15H16S/c1-12(15-11-9-13(2)16-15)8-10-14-6-4-3-5-7-14/h3-12H,1-2H3/b10-8+. The van der Waals surface area contributed by atoms with Crippen molar-refractivity contribution in [3.8, 4) is 0 Å². The van der Waals surface area contributed by atoms with Gasteiger partial charge in [0.2, 0.25) is 0 Å². The maximum absolute atomic E-state index is 2.26. The van der Waals surface area contributed by atoms with E-state index in [1.165, 1.54) is 15.3 Å². The van der Waals surface area contributed by atoms with E-state index in [4.69, 9.17) is 0 Å². The van der Waals surface area contributed by atoms with Gasteiger partial charge < -0.3 is 0 Å². The van der Waals surface area contributed by atoms with Crippen LogP contribution in [0.2, 0.25) is 0 Å². The predicted molar refractivity (Wildman–Crippen MR) is 72.9 cm³/mol. The number of allylic oxidation sites excluding steroid dienone is 1. The number of benzene rings is 1. The van der Waals surface area contributed by atoms with Crippen molar-refractivity contribution in [3.63, 3.8) is 0 Å². The summed E-state index contributed by atoms with van der Waals surface area (Å²) in [6.45, 7) is 4.40. The molecule has 1 atom stereocenters. The van der Waals surface area contributed by atoms with E-state index in [9.17, 15) is 0 Å². The van der Waals surface area contributed by atoms with Crippen molar-refractivity contribution < 1.29 is 0 Å². The lowest BCUT2D eigenvalue weighted by atomic mass is 10.1. The smallest absolute Gasteiger partial charge is 0.0114 e. The molecule has 0 nitrogen and oxygen atoms in total. The van der Waals surface area contributed by atoms with Crippen LogP contribution in [0, 0.1) is 6.92 Å². The Morgan fingerprint density at radius 2 is 1.81 bits per heavy atom. The molecular weight excluding hydrogens is 212 g/mol. The van der Waals surface area contributed by atoms with Crippen LogP contribution >= 0.6 is 11.3 Å². The molecule has 82 valence electrons. The molecule has 0 aliphatic rings. The van der Waals surface area contributed by atoms with Gasteiger partial charge in [-0.05, 0) is 24.6 Å². The average Bonchev–Trinajstić information content (AvgIpc) is 2.74. The van der Waals surface area contributed by atoms with Crippen molar-refractivity contribution in [2.75, 3.05) is 0 Å². The third kappa shape index (κ3) is 2.83. The molecule has 1 heterocycles. The second-order valence-electron chi connectivity index (χ2n) is 4.01. The van der Waals surface area contributed by atoms with Gasteiger partial charge in [-0.3, -0.25) is 0 Å². The van der Waals surface area contributed by atoms with Crippen LogP contribution in [0.25, 0.3) is 6.08 Å². The van der Waals surface area contributed by atoms with Gasteiger partial charge in [0, 0.05) is 15.7 Å². The van der Waals surface area contributed by atoms with E-state index in [1.807, 2.05) is 17.4 Å². The van der Waals surface area contributed by atoms with E-state index in [2.05, 4.69) is 62.4 Å². The van der Waals surface area contributed by atoms with Crippen LogP contribution in [0.5, 0.6) is 0 Å². The highest BCUT2D eigenvalue weighted by Gasteiger charge is 2.03. The van der Waals surface area contributed by atoms with E-state index in [0.29, 0.717) is 5.92 Å². The molecule has 2 rings (SSSR count). The molecule has 0 spiro atoms. The molecular formula is C15H16S. The molecule has 16 heavy (non-hydrogen) atoms. The molecule has 2 aromatic rings. The van der Waals surface area contributed by atoms with Gasteiger partial charge in [-0.2, -0.15) is 0 Å². The molecule has 1 aromatic carbocycles. The van der Waals surface area contributed by atoms with Crippen molar-refractivity contribution in [2.45, 2.75) is 19.8 Å². The van der Waals surface area contributed by atoms with Crippen LogP contribution in [-0.2, 0) is 0 Å². The second-order valence-corrected chi connectivity index (χ2v) is 5.33. The fourth-order valence-electron chi connectivity index (χ4n) is 1.61. The van der Waals surface area contributed by atoms with E-state index in [-0.39, 0.29) is 0 Å². The zero-order chi connectivity index (χ0) is 11.4. The van der Waals surface area contributed by atoms with Gasteiger partial charge >= 0.3 is 0 Å². The van der Waals surface area contributed by atoms with Gasteiger partial charge in [0.15, 0.2) is 0 Å². The largest absolute Gasteiger partial charge is 0.145 e. The van der Waals surface area contributed by atoms with Crippen LogP contribution in [0.3, 0.4) is 0 Å². The Labute approximate surface area is 101 Å². The molecule has 0 aliphatic heterocycles. The van der Waals surface area contributed by atoms with Gasteiger partial charge in [0.05, 0.1) is 0 Å². The highest BCUT2D eigenvalue weighted by atomic mass is 32.1. The zero-order valence-electron chi connectivity index (χ0n) is 9.68. The first kappa shape index (κ1) is 11.2. The number of rotatable bonds is 3. The SMILES string of the molecule is Cc1ccc(C(C)/C=C/c2ccccc2)s1. The van der Waals surface area contributed by atoms with E-state index in [1.54, 1.807) is 0 Å². The molecule has 0 radical (unpaired) electrons. The maximum atomic E-state index is 2.26. The maximum Gasteiger partial charge on any atom is 0.0114 e. The molecule has 1 heteroatoms. The number of hydrogen-bond acceptors (Lipinski definition) is 1. The van der Waals surface area contributed by atoms with E-state index in [0.717, 1.165) is 0 Å². The summed E-state index contributed by atoms with van der Waals surface area (Å²) in [5.41, 5.74) is 1.27. The van der Waals surface area contributed by atoms with Crippen molar-refractivity contribution in [1.82, 2.24) is 0 Å². The first-order valence-electron chi connectivity index (χ1n) is 5.55. The topological polar surface area (TPSA) is 0 Å². The Hall–Kier alpha value is -1.34. The molecule has 0 fully saturated rings. The lowest BCUT2D eigenvalue weighted by molar-refractivity contribution is 1.00. The van der Waals surface area contributed by atoms with Crippen molar-refractivity contribution in [3.05, 3.63) is 63.9 Å². The Morgan fingerprint density at radius 3 is 2.44 bits per heavy atom. The van der Waals surface area contributed by atoms with E-state index >= 15 is 0 Å². The van der Waals surface area contributed by atoms with E-state index < -0.39 is 0 Å². The Bertz CT molecular complexity index is 465. The normalized spacial score (nSPS) is 13.1. The van der Waals surface area contributed by atoms with Crippen LogP contribution in [0.4, 0.5) is 0 Å². The van der Waals surface area contributed by atoms with Gasteiger partial charge in [0.1, 0.15) is 0 Å². The van der Waals surface area contributed by atoms with Gasteiger partial charge in [-0.1, -0.05) is 49.4 Å². The molecule has 1 aromatic heterocycles. The molecule has 0 aliphatic carbocycles. The van der Waals surface area contributed by atoms with Crippen LogP contribution in [0.15, 0.2) is 48.5 Å². The lowest BCUT2D eigenvalue weighted by Crippen LogP contribution is -1.82. The third-order valence-electron chi connectivity index (χ3n) is 2.59. The molecule has 0 saturated carbocycles. The number of aryl methyl sites for hydroxylation is 1. The quantitative estimate of drug-likeness (QED) is 0.703. The predicted octanol–water partition coefficient (Wildman–Crippen LogP) is 4.87. The van der Waals surface area contributed by atoms with Gasteiger partial charge in [-0.25, -0.2) is 0 Å². The Morgan fingerprint density at radius 1 is 1.06 bits per heavy atom. The summed E-state index contributed by atoms with van der Waals surface area (Å²) < 4.78 is 0. The molecule has 0 amide bonds. The summed E-state index contributed by atoms with van der Waals surface area (Å²) in [7, 11) is 0. The summed E-state index contributed by atoms with van der Waals surface area (Å²) in [6.07, 6.45) is 4.46. The van der Waals surface area contributed by atoms with Crippen LogP contribution < -0.4 is 0 Å². The van der Waals surface area contributed by atoms with Crippen molar-refractivity contribution >= 4 is 17.4 Å². The fraction of sp³-hybridized carbons (Fsp3) is 0.200. The lowest BCUT2D eigenvalue weighted by Gasteiger charge is -2.01. The third-order valence-corrected chi connectivity index (χ3v) is 3.79. The summed E-state index contributed by atoms with van der Waals surface area (Å²) >= 11 is 1.88. The monoisotopic (exact) mass is 228 g/mol. The van der Waals surface area contributed by atoms with Crippen LogP contribution in [0.1, 0.15) is 28.2 Å². The Kier molecular flexibility index (Phi) is 3.58. The van der Waals surface area contributed by atoms with Crippen molar-refractivity contribution in [1.29, 1.82) is 0 Å². The summed E-state index contributed by atoms with van der Waals surface area (Å²) in [4.78, 5) is 2.82. The highest BCUT2D eigenvalue weighted by molar-refractivity contribution is 7.12.